The number of hydrogen-bond donors (Lipinski definition) is 0. The molecule has 7 nitrogen and oxygen atoms in total. The minimum Gasteiger partial charge on any atom is -0.357 e. The summed E-state index contributed by atoms with van der Waals surface area (Å²) in [5.41, 5.74) is 2.32. The molecule has 1 aliphatic rings. The second-order valence-electron chi connectivity index (χ2n) is 7.20. The minimum absolute atomic E-state index is 0.00496. The molecule has 0 aliphatic carbocycles. The van der Waals surface area contributed by atoms with Crippen molar-refractivity contribution in [2.75, 3.05) is 4.90 Å². The summed E-state index contributed by atoms with van der Waals surface area (Å²) in [4.78, 5) is 23.7. The van der Waals surface area contributed by atoms with Gasteiger partial charge in [0.25, 0.3) is 11.4 Å². The first-order chi connectivity index (χ1) is 14.4. The molecule has 30 heavy (non-hydrogen) atoms. The number of nitro benzene ring substituents is 2. The molecule has 1 fully saturated rings. The number of halogens is 1. The lowest BCUT2D eigenvalue weighted by molar-refractivity contribution is -0.385. The summed E-state index contributed by atoms with van der Waals surface area (Å²) in [7, 11) is 0. The Bertz CT molecular complexity index is 1040. The van der Waals surface area contributed by atoms with Gasteiger partial charge in [0.05, 0.1) is 21.9 Å². The van der Waals surface area contributed by atoms with E-state index in [9.17, 15) is 24.6 Å². The van der Waals surface area contributed by atoms with Crippen LogP contribution < -0.4 is 4.90 Å². The Hall–Kier alpha value is -3.81. The van der Waals surface area contributed by atoms with E-state index in [2.05, 4.69) is 4.90 Å². The Morgan fingerprint density at radius 3 is 1.67 bits per heavy atom. The molecule has 1 heterocycles. The first kappa shape index (κ1) is 19.5. The lowest BCUT2D eigenvalue weighted by atomic mass is 10.0. The van der Waals surface area contributed by atoms with Crippen LogP contribution in [-0.4, -0.2) is 9.85 Å². The number of rotatable bonds is 5. The van der Waals surface area contributed by atoms with Crippen molar-refractivity contribution in [3.8, 4) is 0 Å². The van der Waals surface area contributed by atoms with E-state index in [-0.39, 0.29) is 29.3 Å². The fourth-order valence-corrected chi connectivity index (χ4v) is 4.13. The highest BCUT2D eigenvalue weighted by molar-refractivity contribution is 5.55. The number of nitrogens with zero attached hydrogens (tertiary/aromatic N) is 3. The Morgan fingerprint density at radius 2 is 1.23 bits per heavy atom. The number of non-ortho nitro benzene ring substituents is 2. The zero-order valence-corrected chi connectivity index (χ0v) is 15.8. The third-order valence-corrected chi connectivity index (χ3v) is 5.44. The number of benzene rings is 3. The van der Waals surface area contributed by atoms with Gasteiger partial charge in [-0.2, -0.15) is 0 Å². The van der Waals surface area contributed by atoms with Crippen LogP contribution in [0.25, 0.3) is 0 Å². The predicted molar refractivity (Wildman–Crippen MR) is 110 cm³/mol. The Kier molecular flexibility index (Phi) is 5.14. The quantitative estimate of drug-likeness (QED) is 0.398. The van der Waals surface area contributed by atoms with Gasteiger partial charge in [-0.05, 0) is 48.2 Å². The van der Waals surface area contributed by atoms with Crippen molar-refractivity contribution >= 4 is 17.1 Å². The van der Waals surface area contributed by atoms with E-state index in [1.807, 2.05) is 12.1 Å². The average molecular weight is 407 g/mol. The molecule has 2 atom stereocenters. The van der Waals surface area contributed by atoms with Gasteiger partial charge < -0.3 is 4.90 Å². The van der Waals surface area contributed by atoms with Gasteiger partial charge in [-0.25, -0.2) is 4.39 Å². The van der Waals surface area contributed by atoms with Gasteiger partial charge in [0.1, 0.15) is 5.82 Å². The number of anilines is 1. The zero-order chi connectivity index (χ0) is 21.3. The lowest BCUT2D eigenvalue weighted by Crippen LogP contribution is -2.26. The molecular formula is C22H18FN3O4. The summed E-state index contributed by atoms with van der Waals surface area (Å²) in [5.74, 6) is -0.364. The van der Waals surface area contributed by atoms with Gasteiger partial charge in [0.2, 0.25) is 0 Å². The van der Waals surface area contributed by atoms with Gasteiger partial charge in [0.15, 0.2) is 0 Å². The first-order valence-corrected chi connectivity index (χ1v) is 9.46. The molecule has 1 aliphatic heterocycles. The molecular weight excluding hydrogens is 389 g/mol. The van der Waals surface area contributed by atoms with E-state index in [0.29, 0.717) is 12.8 Å². The van der Waals surface area contributed by atoms with E-state index in [0.717, 1.165) is 16.8 Å². The minimum atomic E-state index is -0.432. The van der Waals surface area contributed by atoms with Crippen LogP contribution in [0.1, 0.15) is 36.1 Å². The van der Waals surface area contributed by atoms with Crippen LogP contribution in [0.3, 0.4) is 0 Å². The van der Waals surface area contributed by atoms with Crippen LogP contribution in [0.15, 0.2) is 72.8 Å². The standard InChI is InChI=1S/C22H18FN3O4/c23-17-7-9-18(10-8-17)24-21(15-3-1-5-19(13-15)25(27)28)11-12-22(24)16-4-2-6-20(14-16)26(29)30/h1-10,13-14,21-22H,11-12H2. The normalized spacial score (nSPS) is 18.4. The molecule has 0 bridgehead atoms. The third kappa shape index (κ3) is 3.71. The molecule has 2 unspecified atom stereocenters. The molecule has 152 valence electrons. The highest BCUT2D eigenvalue weighted by Gasteiger charge is 2.36. The van der Waals surface area contributed by atoms with Gasteiger partial charge >= 0.3 is 0 Å². The molecule has 8 heteroatoms. The van der Waals surface area contributed by atoms with Crippen molar-refractivity contribution in [2.45, 2.75) is 24.9 Å². The van der Waals surface area contributed by atoms with Gasteiger partial charge in [0, 0.05) is 30.0 Å². The Labute approximate surface area is 171 Å². The van der Waals surface area contributed by atoms with E-state index < -0.39 is 9.85 Å². The molecule has 0 radical (unpaired) electrons. The third-order valence-electron chi connectivity index (χ3n) is 5.44. The summed E-state index contributed by atoms with van der Waals surface area (Å²) in [6.07, 6.45) is 1.40. The topological polar surface area (TPSA) is 89.5 Å². The highest BCUT2D eigenvalue weighted by atomic mass is 19.1. The molecule has 4 rings (SSSR count). The second-order valence-corrected chi connectivity index (χ2v) is 7.20. The molecule has 0 amide bonds. The Morgan fingerprint density at radius 1 is 0.767 bits per heavy atom. The van der Waals surface area contributed by atoms with Crippen LogP contribution in [0.2, 0.25) is 0 Å². The number of nitro groups is 2. The van der Waals surface area contributed by atoms with Crippen LogP contribution in [0.4, 0.5) is 21.5 Å². The molecule has 3 aromatic carbocycles. The fraction of sp³-hybridized carbons (Fsp3) is 0.182. The molecule has 0 spiro atoms. The van der Waals surface area contributed by atoms with Crippen molar-refractivity contribution in [3.05, 3.63) is 110 Å². The lowest BCUT2D eigenvalue weighted by Gasteiger charge is -2.33. The van der Waals surface area contributed by atoms with Crippen molar-refractivity contribution in [1.29, 1.82) is 0 Å². The first-order valence-electron chi connectivity index (χ1n) is 9.46. The summed E-state index contributed by atoms with van der Waals surface area (Å²) in [6, 6.07) is 18.7. The number of hydrogen-bond acceptors (Lipinski definition) is 5. The van der Waals surface area contributed by atoms with E-state index in [1.54, 1.807) is 36.4 Å². The van der Waals surface area contributed by atoms with Gasteiger partial charge in [-0.15, -0.1) is 0 Å². The van der Waals surface area contributed by atoms with Crippen LogP contribution in [-0.2, 0) is 0 Å². The highest BCUT2D eigenvalue weighted by Crippen LogP contribution is 2.47. The summed E-state index contributed by atoms with van der Waals surface area (Å²) >= 11 is 0. The average Bonchev–Trinajstić information content (AvgIpc) is 3.19. The Balaban J connectivity index is 1.79. The summed E-state index contributed by atoms with van der Waals surface area (Å²) < 4.78 is 13.5. The van der Waals surface area contributed by atoms with Crippen molar-refractivity contribution < 1.29 is 14.2 Å². The SMILES string of the molecule is O=[N+]([O-])c1cccc(C2CCC(c3cccc([N+](=O)[O-])c3)N2c2ccc(F)cc2)c1. The molecule has 3 aromatic rings. The maximum absolute atomic E-state index is 13.5. The predicted octanol–water partition coefficient (Wildman–Crippen LogP) is 5.72. The van der Waals surface area contributed by atoms with Gasteiger partial charge in [-0.3, -0.25) is 20.2 Å². The van der Waals surface area contributed by atoms with E-state index >= 15 is 0 Å². The summed E-state index contributed by atoms with van der Waals surface area (Å²) in [5, 5.41) is 22.5. The largest absolute Gasteiger partial charge is 0.357 e. The van der Waals surface area contributed by atoms with Crippen molar-refractivity contribution in [2.24, 2.45) is 0 Å². The molecule has 0 aromatic heterocycles. The monoisotopic (exact) mass is 407 g/mol. The van der Waals surface area contributed by atoms with Crippen molar-refractivity contribution in [1.82, 2.24) is 0 Å². The zero-order valence-electron chi connectivity index (χ0n) is 15.8. The van der Waals surface area contributed by atoms with E-state index in [4.69, 9.17) is 0 Å². The van der Waals surface area contributed by atoms with Crippen LogP contribution in [0, 0.1) is 26.0 Å². The molecule has 0 N–H and O–H groups in total. The smallest absolute Gasteiger partial charge is 0.269 e. The molecule has 0 saturated carbocycles. The van der Waals surface area contributed by atoms with Crippen LogP contribution in [0.5, 0.6) is 0 Å². The van der Waals surface area contributed by atoms with E-state index in [1.165, 1.54) is 24.3 Å². The van der Waals surface area contributed by atoms with Crippen molar-refractivity contribution in [3.63, 3.8) is 0 Å². The van der Waals surface area contributed by atoms with Gasteiger partial charge in [-0.1, -0.05) is 24.3 Å². The summed E-state index contributed by atoms with van der Waals surface area (Å²) in [6.45, 7) is 0. The second kappa shape index (κ2) is 7.90. The maximum atomic E-state index is 13.5. The van der Waals surface area contributed by atoms with Crippen LogP contribution >= 0.6 is 0 Å². The maximum Gasteiger partial charge on any atom is 0.269 e. The molecule has 1 saturated heterocycles. The fourth-order valence-electron chi connectivity index (χ4n) is 4.13.